The van der Waals surface area contributed by atoms with E-state index in [0.29, 0.717) is 13.0 Å². The lowest BCUT2D eigenvalue weighted by atomic mass is 10.1. The molecule has 0 aromatic heterocycles. The van der Waals surface area contributed by atoms with Crippen LogP contribution in [-0.4, -0.2) is 60.5 Å². The van der Waals surface area contributed by atoms with Gasteiger partial charge < -0.3 is 14.7 Å². The van der Waals surface area contributed by atoms with E-state index in [9.17, 15) is 9.50 Å². The van der Waals surface area contributed by atoms with Crippen molar-refractivity contribution in [3.05, 3.63) is 71.5 Å². The van der Waals surface area contributed by atoms with E-state index in [4.69, 9.17) is 4.74 Å². The smallest absolute Gasteiger partial charge is 0.123 e. The number of piperazine rings is 1. The summed E-state index contributed by atoms with van der Waals surface area (Å²) in [6, 6.07) is 16.6. The van der Waals surface area contributed by atoms with Crippen LogP contribution in [0.2, 0.25) is 0 Å². The summed E-state index contributed by atoms with van der Waals surface area (Å²) < 4.78 is 19.0. The number of benzene rings is 2. The van der Waals surface area contributed by atoms with Crippen LogP contribution >= 0.6 is 24.8 Å². The Morgan fingerprint density at radius 1 is 0.967 bits per heavy atom. The van der Waals surface area contributed by atoms with Crippen LogP contribution in [0.25, 0.3) is 0 Å². The minimum atomic E-state index is -0.548. The highest BCUT2D eigenvalue weighted by Crippen LogP contribution is 2.19. The van der Waals surface area contributed by atoms with Crippen LogP contribution in [0.1, 0.15) is 30.6 Å². The molecule has 1 aliphatic rings. The molecule has 0 saturated carbocycles. The van der Waals surface area contributed by atoms with Crippen molar-refractivity contribution in [2.45, 2.75) is 32.1 Å². The van der Waals surface area contributed by atoms with E-state index in [0.717, 1.165) is 44.7 Å². The fourth-order valence-corrected chi connectivity index (χ4v) is 3.73. The molecular weight excluding hydrogens is 426 g/mol. The highest BCUT2D eigenvalue weighted by Gasteiger charge is 2.24. The molecule has 2 aromatic carbocycles. The topological polar surface area (TPSA) is 35.9 Å². The summed E-state index contributed by atoms with van der Waals surface area (Å²) in [4.78, 5) is 4.80. The molecule has 0 bridgehead atoms. The fraction of sp³-hybridized carbons (Fsp3) is 0.478. The molecule has 0 amide bonds. The maximum absolute atomic E-state index is 13.0. The summed E-state index contributed by atoms with van der Waals surface area (Å²) in [5, 5.41) is 10.3. The highest BCUT2D eigenvalue weighted by molar-refractivity contribution is 5.85. The Balaban J connectivity index is 0.00000225. The lowest BCUT2D eigenvalue weighted by Gasteiger charge is -2.39. The number of halogens is 3. The Hall–Kier alpha value is -1.21. The van der Waals surface area contributed by atoms with E-state index >= 15 is 0 Å². The summed E-state index contributed by atoms with van der Waals surface area (Å²) in [6.07, 6.45) is 1.12. The summed E-state index contributed by atoms with van der Waals surface area (Å²) in [5.41, 5.74) is 2.07. The van der Waals surface area contributed by atoms with Gasteiger partial charge in [0.2, 0.25) is 0 Å². The Bertz CT molecular complexity index is 698. The summed E-state index contributed by atoms with van der Waals surface area (Å²) >= 11 is 0. The molecular formula is C23H33Cl2FN2O2. The molecule has 0 radical (unpaired) electrons. The maximum Gasteiger partial charge on any atom is 0.123 e. The molecule has 0 spiro atoms. The van der Waals surface area contributed by atoms with Gasteiger partial charge in [-0.2, -0.15) is 0 Å². The zero-order valence-electron chi connectivity index (χ0n) is 17.5. The van der Waals surface area contributed by atoms with Crippen molar-refractivity contribution in [2.75, 3.05) is 39.3 Å². The average Bonchev–Trinajstić information content (AvgIpc) is 2.73. The number of ether oxygens (including phenoxy) is 1. The molecule has 0 aliphatic carbocycles. The number of aliphatic hydroxyl groups is 1. The molecule has 1 aliphatic heterocycles. The van der Waals surface area contributed by atoms with Crippen LogP contribution in [-0.2, 0) is 11.2 Å². The van der Waals surface area contributed by atoms with Gasteiger partial charge in [0.05, 0.1) is 6.10 Å². The van der Waals surface area contributed by atoms with E-state index in [1.54, 1.807) is 12.1 Å². The van der Waals surface area contributed by atoms with Gasteiger partial charge >= 0.3 is 0 Å². The minimum absolute atomic E-state index is 0. The van der Waals surface area contributed by atoms with Crippen molar-refractivity contribution in [2.24, 2.45) is 0 Å². The number of nitrogens with zero attached hydrogens (tertiary/aromatic N) is 2. The number of aliphatic hydroxyl groups excluding tert-OH is 1. The van der Waals surface area contributed by atoms with Gasteiger partial charge in [-0.1, -0.05) is 42.5 Å². The third-order valence-electron chi connectivity index (χ3n) is 5.40. The van der Waals surface area contributed by atoms with Crippen molar-refractivity contribution < 1.29 is 14.2 Å². The summed E-state index contributed by atoms with van der Waals surface area (Å²) in [6.45, 7) is 7.45. The van der Waals surface area contributed by atoms with Gasteiger partial charge in [-0.05, 0) is 36.6 Å². The van der Waals surface area contributed by atoms with Gasteiger partial charge in [-0.15, -0.1) is 24.8 Å². The van der Waals surface area contributed by atoms with E-state index in [1.165, 1.54) is 17.7 Å². The Labute approximate surface area is 191 Å². The highest BCUT2D eigenvalue weighted by atomic mass is 35.5. The summed E-state index contributed by atoms with van der Waals surface area (Å²) in [5.74, 6) is -0.272. The van der Waals surface area contributed by atoms with Crippen molar-refractivity contribution in [1.29, 1.82) is 0 Å². The molecule has 168 valence electrons. The first-order valence-electron chi connectivity index (χ1n) is 10.2. The molecule has 2 atom stereocenters. The third kappa shape index (κ3) is 8.14. The zero-order chi connectivity index (χ0) is 19.8. The molecule has 1 fully saturated rings. The molecule has 4 nitrogen and oxygen atoms in total. The second kappa shape index (κ2) is 14.0. The average molecular weight is 459 g/mol. The first-order chi connectivity index (χ1) is 13.7. The van der Waals surface area contributed by atoms with E-state index < -0.39 is 6.10 Å². The fourth-order valence-electron chi connectivity index (χ4n) is 3.73. The van der Waals surface area contributed by atoms with Crippen LogP contribution < -0.4 is 0 Å². The molecule has 2 aromatic rings. The lowest BCUT2D eigenvalue weighted by molar-refractivity contribution is -0.0719. The second-order valence-corrected chi connectivity index (χ2v) is 7.33. The largest absolute Gasteiger partial charge is 0.388 e. The van der Waals surface area contributed by atoms with Crippen LogP contribution in [0.5, 0.6) is 0 Å². The van der Waals surface area contributed by atoms with Gasteiger partial charge in [0, 0.05) is 45.8 Å². The van der Waals surface area contributed by atoms with Gasteiger partial charge in [0.15, 0.2) is 0 Å². The van der Waals surface area contributed by atoms with Crippen LogP contribution in [0.4, 0.5) is 4.39 Å². The zero-order valence-corrected chi connectivity index (χ0v) is 19.1. The molecule has 1 saturated heterocycles. The number of rotatable bonds is 9. The number of hydrogen-bond donors (Lipinski definition) is 1. The molecule has 1 heterocycles. The van der Waals surface area contributed by atoms with Crippen molar-refractivity contribution in [3.63, 3.8) is 0 Å². The van der Waals surface area contributed by atoms with E-state index in [1.807, 2.05) is 13.0 Å². The van der Waals surface area contributed by atoms with Crippen molar-refractivity contribution in [3.8, 4) is 0 Å². The van der Waals surface area contributed by atoms with Gasteiger partial charge in [0.25, 0.3) is 0 Å². The monoisotopic (exact) mass is 458 g/mol. The predicted octanol–water partition coefficient (Wildman–Crippen LogP) is 4.32. The first kappa shape index (κ1) is 26.8. The standard InChI is InChI=1S/C23H31FN2O2.2ClH/c1-2-28-23(18-19-6-4-3-5-7-19)26-16-14-25(15-17-26)13-12-22(27)20-8-10-21(24)11-9-20;;/h3-11,22-23,27H,2,12-18H2,1H3;2*1H. The SMILES string of the molecule is CCOC(Cc1ccccc1)N1CCN(CCC(O)c2ccc(F)cc2)CC1.Cl.Cl. The van der Waals surface area contributed by atoms with Crippen LogP contribution in [0.3, 0.4) is 0 Å². The van der Waals surface area contributed by atoms with Gasteiger partial charge in [-0.3, -0.25) is 4.90 Å². The molecule has 1 N–H and O–H groups in total. The maximum atomic E-state index is 13.0. The predicted molar refractivity (Wildman–Crippen MR) is 124 cm³/mol. The normalized spacial score (nSPS) is 16.9. The molecule has 30 heavy (non-hydrogen) atoms. The molecule has 2 unspecified atom stereocenters. The minimum Gasteiger partial charge on any atom is -0.388 e. The Morgan fingerprint density at radius 3 is 2.20 bits per heavy atom. The lowest BCUT2D eigenvalue weighted by Crippen LogP contribution is -2.52. The van der Waals surface area contributed by atoms with Crippen molar-refractivity contribution in [1.82, 2.24) is 9.80 Å². The third-order valence-corrected chi connectivity index (χ3v) is 5.40. The number of hydrogen-bond acceptors (Lipinski definition) is 4. The van der Waals surface area contributed by atoms with E-state index in [-0.39, 0.29) is 36.9 Å². The van der Waals surface area contributed by atoms with Crippen LogP contribution in [0.15, 0.2) is 54.6 Å². The Morgan fingerprint density at radius 2 is 1.60 bits per heavy atom. The van der Waals surface area contributed by atoms with Crippen molar-refractivity contribution >= 4 is 24.8 Å². The van der Waals surface area contributed by atoms with Gasteiger partial charge in [0.1, 0.15) is 12.0 Å². The molecule has 3 rings (SSSR count). The van der Waals surface area contributed by atoms with Crippen LogP contribution in [0, 0.1) is 5.82 Å². The Kier molecular flexibility index (Phi) is 12.5. The van der Waals surface area contributed by atoms with Gasteiger partial charge in [-0.25, -0.2) is 4.39 Å². The second-order valence-electron chi connectivity index (χ2n) is 7.33. The van der Waals surface area contributed by atoms with E-state index in [2.05, 4.69) is 34.1 Å². The quantitative estimate of drug-likeness (QED) is 0.606. The molecule has 7 heteroatoms. The first-order valence-corrected chi connectivity index (χ1v) is 10.2. The summed E-state index contributed by atoms with van der Waals surface area (Å²) in [7, 11) is 0.